The van der Waals surface area contributed by atoms with E-state index in [2.05, 4.69) is 10.5 Å². The second kappa shape index (κ2) is 9.41. The summed E-state index contributed by atoms with van der Waals surface area (Å²) in [5, 5.41) is 6.54. The first-order valence-corrected chi connectivity index (χ1v) is 11.3. The van der Waals surface area contributed by atoms with E-state index in [1.807, 2.05) is 48.5 Å². The largest absolute Gasteiger partial charge is 0.444 e. The second-order valence-corrected chi connectivity index (χ2v) is 11.1. The topological polar surface area (TPSA) is 84.7 Å². The van der Waals surface area contributed by atoms with E-state index < -0.39 is 5.60 Å². The maximum absolute atomic E-state index is 12.5. The van der Waals surface area contributed by atoms with Crippen LogP contribution in [0.15, 0.2) is 10.6 Å². The molecule has 0 radical (unpaired) electrons. The summed E-state index contributed by atoms with van der Waals surface area (Å²) in [6.07, 6.45) is 1.76. The quantitative estimate of drug-likeness (QED) is 0.737. The number of nitrogens with zero attached hydrogens (tertiary/aromatic N) is 2. The molecule has 7 nitrogen and oxygen atoms in total. The minimum atomic E-state index is -0.487. The molecular weight excluding hydrogens is 390 g/mol. The normalized spacial score (nSPS) is 19.0. The van der Waals surface area contributed by atoms with E-state index >= 15 is 0 Å². The fraction of sp³-hybridized carbons (Fsp3) is 0.762. The lowest BCUT2D eigenvalue weighted by Crippen LogP contribution is -2.43. The number of hydrogen-bond donors (Lipinski definition) is 1. The molecule has 2 unspecified atom stereocenters. The average molecular weight is 426 g/mol. The van der Waals surface area contributed by atoms with Gasteiger partial charge in [0.05, 0.1) is 5.25 Å². The third kappa shape index (κ3) is 7.57. The molecular formula is C21H35N3O4S. The van der Waals surface area contributed by atoms with Crippen molar-refractivity contribution < 1.29 is 18.8 Å². The minimum Gasteiger partial charge on any atom is -0.444 e. The van der Waals surface area contributed by atoms with Gasteiger partial charge >= 0.3 is 6.09 Å². The number of nitrogens with one attached hydrogen (secondary N) is 1. The van der Waals surface area contributed by atoms with Crippen molar-refractivity contribution in [1.29, 1.82) is 0 Å². The third-order valence-electron chi connectivity index (χ3n) is 4.62. The Morgan fingerprint density at radius 2 is 2.03 bits per heavy atom. The molecule has 1 aromatic heterocycles. The minimum absolute atomic E-state index is 0.0939. The molecule has 1 aromatic rings. The molecule has 1 aliphatic rings. The number of amides is 2. The predicted octanol–water partition coefficient (Wildman–Crippen LogP) is 4.68. The van der Waals surface area contributed by atoms with Gasteiger partial charge in [-0.25, -0.2) is 4.79 Å². The van der Waals surface area contributed by atoms with E-state index in [0.29, 0.717) is 18.3 Å². The SMILES string of the molecule is CC(SCC1CCCN(C(=O)OC(C)(C)C)C1)C(=O)Nc1cc(C(C)(C)C)on1. The fourth-order valence-corrected chi connectivity index (χ4v) is 4.01. The molecule has 0 bridgehead atoms. The van der Waals surface area contributed by atoms with Crippen LogP contribution in [0, 0.1) is 5.92 Å². The van der Waals surface area contributed by atoms with Crippen LogP contribution < -0.4 is 5.32 Å². The molecule has 29 heavy (non-hydrogen) atoms. The molecule has 2 rings (SSSR count). The van der Waals surface area contributed by atoms with Crippen LogP contribution in [0.2, 0.25) is 0 Å². The van der Waals surface area contributed by atoms with E-state index in [0.717, 1.165) is 30.9 Å². The van der Waals surface area contributed by atoms with Crippen molar-refractivity contribution in [3.63, 3.8) is 0 Å². The zero-order valence-electron chi connectivity index (χ0n) is 18.7. The molecule has 0 aliphatic carbocycles. The van der Waals surface area contributed by atoms with Gasteiger partial charge in [-0.15, -0.1) is 11.8 Å². The number of piperidine rings is 1. The molecule has 164 valence electrons. The Hall–Kier alpha value is -1.70. The number of aromatic nitrogens is 1. The monoisotopic (exact) mass is 425 g/mol. The summed E-state index contributed by atoms with van der Waals surface area (Å²) in [6, 6.07) is 1.77. The zero-order chi connectivity index (χ0) is 21.8. The van der Waals surface area contributed by atoms with Gasteiger partial charge in [-0.3, -0.25) is 4.79 Å². The van der Waals surface area contributed by atoms with Crippen molar-refractivity contribution in [2.24, 2.45) is 5.92 Å². The Bertz CT molecular complexity index is 706. The summed E-state index contributed by atoms with van der Waals surface area (Å²) in [5.41, 5.74) is -0.642. The Labute approximate surface area is 178 Å². The Balaban J connectivity index is 1.80. The number of ether oxygens (including phenoxy) is 1. The first-order chi connectivity index (χ1) is 13.3. The molecule has 8 heteroatoms. The van der Waals surface area contributed by atoms with Gasteiger partial charge in [0.25, 0.3) is 0 Å². The summed E-state index contributed by atoms with van der Waals surface area (Å²) in [7, 11) is 0. The van der Waals surface area contributed by atoms with Gasteiger partial charge < -0.3 is 19.5 Å². The van der Waals surface area contributed by atoms with Gasteiger partial charge in [-0.2, -0.15) is 0 Å². The highest BCUT2D eigenvalue weighted by Crippen LogP contribution is 2.27. The highest BCUT2D eigenvalue weighted by molar-refractivity contribution is 8.00. The van der Waals surface area contributed by atoms with Gasteiger partial charge in [0.2, 0.25) is 5.91 Å². The molecule has 2 atom stereocenters. The molecule has 1 N–H and O–H groups in total. The van der Waals surface area contributed by atoms with E-state index in [9.17, 15) is 9.59 Å². The summed E-state index contributed by atoms with van der Waals surface area (Å²) in [6.45, 7) is 15.0. The number of rotatable bonds is 5. The second-order valence-electron chi connectivity index (χ2n) is 9.73. The van der Waals surface area contributed by atoms with Crippen LogP contribution in [0.3, 0.4) is 0 Å². The maximum atomic E-state index is 12.5. The van der Waals surface area contributed by atoms with Crippen LogP contribution in [0.4, 0.5) is 10.6 Å². The van der Waals surface area contributed by atoms with Crippen molar-refractivity contribution >= 4 is 29.6 Å². The highest BCUT2D eigenvalue weighted by Gasteiger charge is 2.28. The summed E-state index contributed by atoms with van der Waals surface area (Å²) in [5.74, 6) is 2.26. The van der Waals surface area contributed by atoms with Crippen LogP contribution in [-0.2, 0) is 14.9 Å². The standard InChI is InChI=1S/C21H35N3O4S/c1-14(18(25)22-17-11-16(28-23-17)20(2,3)4)29-13-15-9-8-10-24(12-15)19(26)27-21(5,6)7/h11,14-15H,8-10,12-13H2,1-7H3,(H,22,23,25). The van der Waals surface area contributed by atoms with Crippen LogP contribution in [0.25, 0.3) is 0 Å². The van der Waals surface area contributed by atoms with Crippen LogP contribution >= 0.6 is 11.8 Å². The van der Waals surface area contributed by atoms with Crippen molar-refractivity contribution in [3.05, 3.63) is 11.8 Å². The molecule has 1 saturated heterocycles. The molecule has 0 aromatic carbocycles. The van der Waals surface area contributed by atoms with Gasteiger partial charge in [0.15, 0.2) is 5.82 Å². The van der Waals surface area contributed by atoms with Gasteiger partial charge in [-0.1, -0.05) is 25.9 Å². The smallest absolute Gasteiger partial charge is 0.410 e. The number of carbonyl (C=O) groups excluding carboxylic acids is 2. The highest BCUT2D eigenvalue weighted by atomic mass is 32.2. The van der Waals surface area contributed by atoms with E-state index in [1.165, 1.54) is 0 Å². The van der Waals surface area contributed by atoms with Crippen molar-refractivity contribution in [2.45, 2.75) is 77.6 Å². The zero-order valence-corrected chi connectivity index (χ0v) is 19.5. The van der Waals surface area contributed by atoms with Gasteiger partial charge in [-0.05, 0) is 52.2 Å². The predicted molar refractivity (Wildman–Crippen MR) is 116 cm³/mol. The first kappa shape index (κ1) is 23.6. The molecule has 0 spiro atoms. The Kier molecular flexibility index (Phi) is 7.65. The molecule has 1 fully saturated rings. The van der Waals surface area contributed by atoms with Gasteiger partial charge in [0, 0.05) is 24.6 Å². The summed E-state index contributed by atoms with van der Waals surface area (Å²) in [4.78, 5) is 26.6. The van der Waals surface area contributed by atoms with Crippen LogP contribution in [0.5, 0.6) is 0 Å². The molecule has 2 amide bonds. The summed E-state index contributed by atoms with van der Waals surface area (Å²) < 4.78 is 10.8. The Morgan fingerprint density at radius 1 is 1.34 bits per heavy atom. The van der Waals surface area contributed by atoms with Crippen LogP contribution in [-0.4, -0.2) is 51.8 Å². The first-order valence-electron chi connectivity index (χ1n) is 10.2. The maximum Gasteiger partial charge on any atom is 0.410 e. The van der Waals surface area contributed by atoms with E-state index in [4.69, 9.17) is 9.26 Å². The molecule has 2 heterocycles. The molecule has 0 saturated carbocycles. The number of hydrogen-bond acceptors (Lipinski definition) is 6. The van der Waals surface area contributed by atoms with E-state index in [-0.39, 0.29) is 22.7 Å². The lowest BCUT2D eigenvalue weighted by molar-refractivity contribution is -0.115. The van der Waals surface area contributed by atoms with Crippen molar-refractivity contribution in [1.82, 2.24) is 10.1 Å². The lowest BCUT2D eigenvalue weighted by Gasteiger charge is -2.34. The number of anilines is 1. The number of likely N-dealkylation sites (tertiary alicyclic amines) is 1. The van der Waals surface area contributed by atoms with E-state index in [1.54, 1.807) is 22.7 Å². The lowest BCUT2D eigenvalue weighted by atomic mass is 9.93. The fourth-order valence-electron chi connectivity index (χ4n) is 2.96. The number of thioether (sulfide) groups is 1. The van der Waals surface area contributed by atoms with Crippen LogP contribution in [0.1, 0.15) is 67.1 Å². The number of carbonyl (C=O) groups is 2. The van der Waals surface area contributed by atoms with Crippen molar-refractivity contribution in [3.8, 4) is 0 Å². The van der Waals surface area contributed by atoms with Gasteiger partial charge in [0.1, 0.15) is 11.4 Å². The average Bonchev–Trinajstić information content (AvgIpc) is 3.07. The van der Waals surface area contributed by atoms with Crippen molar-refractivity contribution in [2.75, 3.05) is 24.2 Å². The third-order valence-corrected chi connectivity index (χ3v) is 6.00. The molecule has 1 aliphatic heterocycles. The summed E-state index contributed by atoms with van der Waals surface area (Å²) >= 11 is 1.60. The Morgan fingerprint density at radius 3 is 2.62 bits per heavy atom.